The van der Waals surface area contributed by atoms with Gasteiger partial charge in [-0.15, -0.1) is 0 Å². The van der Waals surface area contributed by atoms with Gasteiger partial charge in [-0.3, -0.25) is 4.90 Å². The first-order valence-corrected chi connectivity index (χ1v) is 8.50. The van der Waals surface area contributed by atoms with Crippen LogP contribution in [0.4, 0.5) is 4.39 Å². The van der Waals surface area contributed by atoms with E-state index in [2.05, 4.69) is 52.7 Å². The summed E-state index contributed by atoms with van der Waals surface area (Å²) in [5.74, 6) is -0.184. The molecule has 4 rings (SSSR count). The zero-order chi connectivity index (χ0) is 16.4. The molecule has 1 fully saturated rings. The fourth-order valence-electron chi connectivity index (χ4n) is 3.58. The number of rotatable bonds is 3. The van der Waals surface area contributed by atoms with E-state index in [9.17, 15) is 4.39 Å². The van der Waals surface area contributed by atoms with Crippen LogP contribution in [0.15, 0.2) is 66.7 Å². The summed E-state index contributed by atoms with van der Waals surface area (Å²) in [5.41, 5.74) is 2.41. The Morgan fingerprint density at radius 2 is 1.46 bits per heavy atom. The van der Waals surface area contributed by atoms with Crippen LogP contribution >= 0.6 is 0 Å². The summed E-state index contributed by atoms with van der Waals surface area (Å²) in [6, 6.07) is 22.2. The van der Waals surface area contributed by atoms with Crippen LogP contribution in [-0.2, 0) is 0 Å². The lowest BCUT2D eigenvalue weighted by Gasteiger charge is -2.35. The molecular formula is C21H21FN2. The molecule has 1 heterocycles. The van der Waals surface area contributed by atoms with Crippen molar-refractivity contribution in [1.29, 1.82) is 0 Å². The summed E-state index contributed by atoms with van der Waals surface area (Å²) >= 11 is 0. The van der Waals surface area contributed by atoms with Gasteiger partial charge in [0.25, 0.3) is 0 Å². The van der Waals surface area contributed by atoms with Crippen LogP contribution in [0.2, 0.25) is 0 Å². The van der Waals surface area contributed by atoms with E-state index in [0.717, 1.165) is 31.7 Å². The second kappa shape index (κ2) is 6.71. The molecule has 1 unspecified atom stereocenters. The topological polar surface area (TPSA) is 15.3 Å². The van der Waals surface area contributed by atoms with E-state index in [0.29, 0.717) is 0 Å². The van der Waals surface area contributed by atoms with Gasteiger partial charge in [0.05, 0.1) is 6.04 Å². The number of piperazine rings is 1. The normalized spacial score (nSPS) is 17.0. The summed E-state index contributed by atoms with van der Waals surface area (Å²) in [5, 5.41) is 5.91. The lowest BCUT2D eigenvalue weighted by atomic mass is 9.94. The van der Waals surface area contributed by atoms with Crippen molar-refractivity contribution in [3.05, 3.63) is 83.7 Å². The molecule has 2 nitrogen and oxygen atoms in total. The molecule has 3 aromatic carbocycles. The fraction of sp³-hybridized carbons (Fsp3) is 0.238. The second-order valence-electron chi connectivity index (χ2n) is 6.35. The highest BCUT2D eigenvalue weighted by molar-refractivity contribution is 5.83. The number of fused-ring (bicyclic) bond motifs is 1. The predicted molar refractivity (Wildman–Crippen MR) is 96.6 cm³/mol. The monoisotopic (exact) mass is 320 g/mol. The van der Waals surface area contributed by atoms with Gasteiger partial charge in [0.1, 0.15) is 5.82 Å². The van der Waals surface area contributed by atoms with Gasteiger partial charge < -0.3 is 5.32 Å². The van der Waals surface area contributed by atoms with E-state index in [1.165, 1.54) is 16.3 Å². The highest BCUT2D eigenvalue weighted by Gasteiger charge is 2.24. The van der Waals surface area contributed by atoms with Gasteiger partial charge in [-0.25, -0.2) is 4.39 Å². The van der Waals surface area contributed by atoms with Crippen molar-refractivity contribution < 1.29 is 4.39 Å². The van der Waals surface area contributed by atoms with E-state index < -0.39 is 0 Å². The number of hydrogen-bond donors (Lipinski definition) is 1. The molecule has 24 heavy (non-hydrogen) atoms. The zero-order valence-corrected chi connectivity index (χ0v) is 13.6. The van der Waals surface area contributed by atoms with Crippen molar-refractivity contribution in [2.24, 2.45) is 0 Å². The molecule has 0 amide bonds. The number of nitrogens with zero attached hydrogens (tertiary/aromatic N) is 1. The van der Waals surface area contributed by atoms with E-state index in [1.54, 1.807) is 12.1 Å². The first kappa shape index (κ1) is 15.3. The first-order chi connectivity index (χ1) is 11.8. The molecule has 122 valence electrons. The molecule has 3 aromatic rings. The van der Waals surface area contributed by atoms with Crippen molar-refractivity contribution in [3.63, 3.8) is 0 Å². The Morgan fingerprint density at radius 3 is 2.21 bits per heavy atom. The molecule has 1 N–H and O–H groups in total. The second-order valence-corrected chi connectivity index (χ2v) is 6.35. The standard InChI is InChI=1S/C21H21FN2/c22-20-9-7-17(8-10-20)21(24-13-11-23-12-14-24)19-6-5-16-3-1-2-4-18(16)15-19/h1-10,15,21,23H,11-14H2. The van der Waals surface area contributed by atoms with E-state index in [4.69, 9.17) is 0 Å². The number of nitrogens with one attached hydrogen (secondary N) is 1. The minimum atomic E-state index is -0.184. The average molecular weight is 320 g/mol. The lowest BCUT2D eigenvalue weighted by molar-refractivity contribution is 0.198. The van der Waals surface area contributed by atoms with Gasteiger partial charge in [-0.05, 0) is 40.1 Å². The smallest absolute Gasteiger partial charge is 0.123 e. The van der Waals surface area contributed by atoms with Crippen molar-refractivity contribution in [3.8, 4) is 0 Å². The maximum Gasteiger partial charge on any atom is 0.123 e. The van der Waals surface area contributed by atoms with Crippen LogP contribution in [0.5, 0.6) is 0 Å². The minimum absolute atomic E-state index is 0.164. The molecule has 1 aliphatic rings. The Balaban J connectivity index is 1.79. The highest BCUT2D eigenvalue weighted by Crippen LogP contribution is 2.31. The van der Waals surface area contributed by atoms with Gasteiger partial charge >= 0.3 is 0 Å². The fourth-order valence-corrected chi connectivity index (χ4v) is 3.58. The summed E-state index contributed by atoms with van der Waals surface area (Å²) in [7, 11) is 0. The number of benzene rings is 3. The summed E-state index contributed by atoms with van der Waals surface area (Å²) in [4.78, 5) is 2.48. The molecule has 1 saturated heterocycles. The molecule has 0 aliphatic carbocycles. The minimum Gasteiger partial charge on any atom is -0.314 e. The van der Waals surface area contributed by atoms with E-state index >= 15 is 0 Å². The van der Waals surface area contributed by atoms with E-state index in [1.807, 2.05) is 12.1 Å². The van der Waals surface area contributed by atoms with Crippen molar-refractivity contribution >= 4 is 10.8 Å². The molecule has 0 aromatic heterocycles. The average Bonchev–Trinajstić information content (AvgIpc) is 2.64. The van der Waals surface area contributed by atoms with Gasteiger partial charge in [-0.2, -0.15) is 0 Å². The summed E-state index contributed by atoms with van der Waals surface area (Å²) in [6.07, 6.45) is 0. The van der Waals surface area contributed by atoms with Crippen LogP contribution < -0.4 is 5.32 Å². The molecule has 0 radical (unpaired) electrons. The van der Waals surface area contributed by atoms with E-state index in [-0.39, 0.29) is 11.9 Å². The first-order valence-electron chi connectivity index (χ1n) is 8.50. The van der Waals surface area contributed by atoms with Gasteiger partial charge in [0.2, 0.25) is 0 Å². The maximum atomic E-state index is 13.4. The number of halogens is 1. The summed E-state index contributed by atoms with van der Waals surface area (Å²) < 4.78 is 13.4. The van der Waals surface area contributed by atoms with Gasteiger partial charge in [-0.1, -0.05) is 48.5 Å². The van der Waals surface area contributed by atoms with Crippen LogP contribution in [0, 0.1) is 5.82 Å². The largest absolute Gasteiger partial charge is 0.314 e. The van der Waals surface area contributed by atoms with Gasteiger partial charge in [0, 0.05) is 26.2 Å². The van der Waals surface area contributed by atoms with Gasteiger partial charge in [0.15, 0.2) is 0 Å². The van der Waals surface area contributed by atoms with Crippen molar-refractivity contribution in [2.75, 3.05) is 26.2 Å². The third-order valence-corrected chi connectivity index (χ3v) is 4.79. The number of hydrogen-bond acceptors (Lipinski definition) is 2. The zero-order valence-electron chi connectivity index (χ0n) is 13.6. The predicted octanol–water partition coefficient (Wildman–Crippen LogP) is 3.97. The Labute approximate surface area is 141 Å². The quantitative estimate of drug-likeness (QED) is 0.785. The van der Waals surface area contributed by atoms with Crippen molar-refractivity contribution in [1.82, 2.24) is 10.2 Å². The van der Waals surface area contributed by atoms with Crippen LogP contribution in [0.3, 0.4) is 0 Å². The molecule has 0 bridgehead atoms. The Bertz CT molecular complexity index is 823. The lowest BCUT2D eigenvalue weighted by Crippen LogP contribution is -2.45. The Morgan fingerprint density at radius 1 is 0.792 bits per heavy atom. The van der Waals surface area contributed by atoms with Crippen LogP contribution in [0.25, 0.3) is 10.8 Å². The molecule has 1 aliphatic heterocycles. The van der Waals surface area contributed by atoms with Crippen molar-refractivity contribution in [2.45, 2.75) is 6.04 Å². The molecule has 0 saturated carbocycles. The third-order valence-electron chi connectivity index (χ3n) is 4.79. The highest BCUT2D eigenvalue weighted by atomic mass is 19.1. The Hall–Kier alpha value is -2.23. The van der Waals surface area contributed by atoms with Crippen LogP contribution in [0.1, 0.15) is 17.2 Å². The molecular weight excluding hydrogens is 299 g/mol. The third kappa shape index (κ3) is 3.05. The SMILES string of the molecule is Fc1ccc(C(c2ccc3ccccc3c2)N2CCNCC2)cc1. The molecule has 1 atom stereocenters. The van der Waals surface area contributed by atoms with Crippen LogP contribution in [-0.4, -0.2) is 31.1 Å². The molecule has 0 spiro atoms. The maximum absolute atomic E-state index is 13.4. The Kier molecular flexibility index (Phi) is 4.28. The summed E-state index contributed by atoms with van der Waals surface area (Å²) in [6.45, 7) is 3.97. The molecule has 3 heteroatoms.